The van der Waals surface area contributed by atoms with Crippen LogP contribution < -0.4 is 11.2 Å². The van der Waals surface area contributed by atoms with Gasteiger partial charge in [0.1, 0.15) is 5.76 Å². The smallest absolute Gasteiger partial charge is 0.373 e. The van der Waals surface area contributed by atoms with Gasteiger partial charge in [0.15, 0.2) is 5.52 Å². The van der Waals surface area contributed by atoms with Crippen molar-refractivity contribution in [3.63, 3.8) is 0 Å². The average Bonchev–Trinajstić information content (AvgIpc) is 3.23. The lowest BCUT2D eigenvalue weighted by molar-refractivity contribution is 0.0563. The van der Waals surface area contributed by atoms with E-state index in [0.717, 1.165) is 10.1 Å². The number of aromatic nitrogens is 3. The van der Waals surface area contributed by atoms with Crippen LogP contribution in [0.5, 0.6) is 0 Å². The van der Waals surface area contributed by atoms with Crippen molar-refractivity contribution < 1.29 is 13.9 Å². The number of pyridine rings is 1. The van der Waals surface area contributed by atoms with Gasteiger partial charge in [-0.15, -0.1) is 0 Å². The number of nitrogens with zero attached hydrogens (tertiary/aromatic N) is 3. The predicted molar refractivity (Wildman–Crippen MR) is 110 cm³/mol. The number of rotatable bonds is 5. The van der Waals surface area contributed by atoms with Gasteiger partial charge in [-0.3, -0.25) is 13.9 Å². The maximum atomic E-state index is 13.2. The van der Waals surface area contributed by atoms with Gasteiger partial charge in [-0.05, 0) is 42.0 Å². The van der Waals surface area contributed by atoms with Crippen LogP contribution in [0.1, 0.15) is 21.9 Å². The van der Waals surface area contributed by atoms with Crippen molar-refractivity contribution in [3.05, 3.63) is 97.7 Å². The molecule has 1 aromatic carbocycles. The Morgan fingerprint density at radius 3 is 2.57 bits per heavy atom. The fraction of sp³-hybridized carbons (Fsp3) is 0.143. The molecule has 0 aliphatic carbocycles. The fourth-order valence-electron chi connectivity index (χ4n) is 3.14. The molecule has 0 radical (unpaired) electrons. The van der Waals surface area contributed by atoms with Gasteiger partial charge < -0.3 is 9.15 Å². The second kappa shape index (κ2) is 8.00. The minimum absolute atomic E-state index is 0.0128. The molecule has 0 amide bonds. The minimum Gasteiger partial charge on any atom is -0.463 e. The Kier molecular flexibility index (Phi) is 5.24. The summed E-state index contributed by atoms with van der Waals surface area (Å²) in [6.45, 7) is 0.0752. The first-order chi connectivity index (χ1) is 14.5. The van der Waals surface area contributed by atoms with Gasteiger partial charge in [-0.25, -0.2) is 14.6 Å². The quantitative estimate of drug-likeness (QED) is 0.456. The Morgan fingerprint density at radius 1 is 1.07 bits per heavy atom. The lowest BCUT2D eigenvalue weighted by Crippen LogP contribution is -2.40. The van der Waals surface area contributed by atoms with Crippen LogP contribution in [0.3, 0.4) is 0 Å². The number of methoxy groups -OCH3 is 1. The molecule has 0 aliphatic heterocycles. The number of ether oxygens (including phenoxy) is 1. The van der Waals surface area contributed by atoms with Crippen molar-refractivity contribution in [1.29, 1.82) is 0 Å². The summed E-state index contributed by atoms with van der Waals surface area (Å²) in [5, 5.41) is 0.558. The van der Waals surface area contributed by atoms with Crippen molar-refractivity contribution in [3.8, 4) is 0 Å². The molecule has 0 fully saturated rings. The van der Waals surface area contributed by atoms with E-state index in [9.17, 15) is 14.4 Å². The van der Waals surface area contributed by atoms with Crippen molar-refractivity contribution in [1.82, 2.24) is 14.1 Å². The van der Waals surface area contributed by atoms with Gasteiger partial charge in [-0.1, -0.05) is 23.7 Å². The first-order valence-electron chi connectivity index (χ1n) is 8.98. The van der Waals surface area contributed by atoms with Crippen LogP contribution in [0.2, 0.25) is 5.02 Å². The zero-order valence-electron chi connectivity index (χ0n) is 15.9. The molecule has 0 aliphatic rings. The van der Waals surface area contributed by atoms with Crippen LogP contribution in [-0.2, 0) is 17.8 Å². The first kappa shape index (κ1) is 19.7. The predicted octanol–water partition coefficient (Wildman–Crippen LogP) is 2.69. The van der Waals surface area contributed by atoms with Crippen LogP contribution in [-0.4, -0.2) is 27.2 Å². The first-order valence-corrected chi connectivity index (χ1v) is 9.35. The average molecular weight is 426 g/mol. The second-order valence-electron chi connectivity index (χ2n) is 6.52. The molecule has 0 N–H and O–H groups in total. The van der Waals surface area contributed by atoms with E-state index in [4.69, 9.17) is 16.0 Å². The summed E-state index contributed by atoms with van der Waals surface area (Å²) in [5.41, 5.74) is 0.260. The summed E-state index contributed by atoms with van der Waals surface area (Å²) in [6, 6.07) is 13.2. The Morgan fingerprint density at radius 2 is 1.83 bits per heavy atom. The highest BCUT2D eigenvalue weighted by molar-refractivity contribution is 6.30. The lowest BCUT2D eigenvalue weighted by Gasteiger charge is -2.13. The monoisotopic (exact) mass is 425 g/mol. The molecule has 0 spiro atoms. The van der Waals surface area contributed by atoms with Gasteiger partial charge in [0.05, 0.1) is 25.7 Å². The Balaban J connectivity index is 1.83. The van der Waals surface area contributed by atoms with Crippen molar-refractivity contribution >= 4 is 28.6 Å². The number of benzene rings is 1. The van der Waals surface area contributed by atoms with Crippen LogP contribution >= 0.6 is 11.6 Å². The molecule has 8 nitrogen and oxygen atoms in total. The Hall–Kier alpha value is -3.65. The molecule has 152 valence electrons. The maximum absolute atomic E-state index is 13.2. The second-order valence-corrected chi connectivity index (χ2v) is 6.95. The molecule has 30 heavy (non-hydrogen) atoms. The minimum atomic E-state index is -0.618. The SMILES string of the molecule is COC(=O)c1ccc(Cn2c(=O)n(Cc3ccc(Cl)cc3)c(=O)c3ncccc32)o1. The number of furan rings is 1. The maximum Gasteiger partial charge on any atom is 0.373 e. The van der Waals surface area contributed by atoms with Crippen LogP contribution in [0.4, 0.5) is 0 Å². The van der Waals surface area contributed by atoms with Crippen molar-refractivity contribution in [2.75, 3.05) is 7.11 Å². The van der Waals surface area contributed by atoms with E-state index in [1.165, 1.54) is 23.9 Å². The standard InChI is InChI=1S/C21H16ClN3O5/c1-29-20(27)17-9-8-15(30-17)12-24-16-3-2-10-23-18(16)19(26)25(21(24)28)11-13-4-6-14(22)7-5-13/h2-10H,11-12H2,1H3. The summed E-state index contributed by atoms with van der Waals surface area (Å²) >= 11 is 5.92. The van der Waals surface area contributed by atoms with Gasteiger partial charge in [0, 0.05) is 11.2 Å². The summed E-state index contributed by atoms with van der Waals surface area (Å²) in [4.78, 5) is 42.0. The molecular formula is C21H16ClN3O5. The lowest BCUT2D eigenvalue weighted by atomic mass is 10.2. The number of esters is 1. The van der Waals surface area contributed by atoms with E-state index < -0.39 is 17.2 Å². The Labute approximate surface area is 174 Å². The number of hydrogen-bond donors (Lipinski definition) is 0. The molecule has 3 heterocycles. The summed E-state index contributed by atoms with van der Waals surface area (Å²) < 4.78 is 12.6. The van der Waals surface area contributed by atoms with Gasteiger partial charge in [-0.2, -0.15) is 0 Å². The highest BCUT2D eigenvalue weighted by Gasteiger charge is 2.17. The van der Waals surface area contributed by atoms with E-state index in [-0.39, 0.29) is 24.4 Å². The van der Waals surface area contributed by atoms with E-state index in [1.54, 1.807) is 42.5 Å². The van der Waals surface area contributed by atoms with Crippen LogP contribution in [0.25, 0.3) is 11.0 Å². The molecular weight excluding hydrogens is 410 g/mol. The number of halogens is 1. The van der Waals surface area contributed by atoms with Gasteiger partial charge in [0.25, 0.3) is 5.56 Å². The van der Waals surface area contributed by atoms with E-state index in [0.29, 0.717) is 16.3 Å². The number of carbonyl (C=O) groups excluding carboxylic acids is 1. The summed E-state index contributed by atoms with van der Waals surface area (Å²) in [5.74, 6) is -0.232. The number of hydrogen-bond acceptors (Lipinski definition) is 6. The Bertz CT molecular complexity index is 1350. The zero-order valence-corrected chi connectivity index (χ0v) is 16.6. The van der Waals surface area contributed by atoms with E-state index in [2.05, 4.69) is 9.72 Å². The van der Waals surface area contributed by atoms with Crippen LogP contribution in [0, 0.1) is 0 Å². The molecule has 0 atom stereocenters. The molecule has 0 bridgehead atoms. The van der Waals surface area contributed by atoms with E-state index in [1.807, 2.05) is 0 Å². The third kappa shape index (κ3) is 3.65. The number of fused-ring (bicyclic) bond motifs is 1. The topological polar surface area (TPSA) is 96.3 Å². The molecule has 0 saturated carbocycles. The highest BCUT2D eigenvalue weighted by atomic mass is 35.5. The number of carbonyl (C=O) groups is 1. The molecule has 0 saturated heterocycles. The summed E-state index contributed by atoms with van der Waals surface area (Å²) in [7, 11) is 1.25. The molecule has 4 aromatic rings. The van der Waals surface area contributed by atoms with Gasteiger partial charge >= 0.3 is 11.7 Å². The zero-order chi connectivity index (χ0) is 21.3. The highest BCUT2D eigenvalue weighted by Crippen LogP contribution is 2.14. The summed E-state index contributed by atoms with van der Waals surface area (Å²) in [6.07, 6.45) is 1.49. The normalized spacial score (nSPS) is 11.0. The molecule has 9 heteroatoms. The fourth-order valence-corrected chi connectivity index (χ4v) is 3.26. The van der Waals surface area contributed by atoms with Crippen molar-refractivity contribution in [2.45, 2.75) is 13.1 Å². The molecule has 4 rings (SSSR count). The van der Waals surface area contributed by atoms with Crippen LogP contribution in [0.15, 0.2) is 68.7 Å². The largest absolute Gasteiger partial charge is 0.463 e. The molecule has 0 unspecified atom stereocenters. The van der Waals surface area contributed by atoms with Crippen molar-refractivity contribution in [2.24, 2.45) is 0 Å². The third-order valence-corrected chi connectivity index (χ3v) is 4.85. The molecule has 3 aromatic heterocycles. The van der Waals surface area contributed by atoms with E-state index >= 15 is 0 Å². The van der Waals surface area contributed by atoms with Gasteiger partial charge in [0.2, 0.25) is 5.76 Å². The third-order valence-electron chi connectivity index (χ3n) is 4.60.